The Morgan fingerprint density at radius 2 is 2.18 bits per heavy atom. The van der Waals surface area contributed by atoms with Crippen molar-refractivity contribution < 1.29 is 14.3 Å². The minimum atomic E-state index is -0.428. The van der Waals surface area contributed by atoms with Gasteiger partial charge in [0.15, 0.2) is 0 Å². The average Bonchev–Trinajstić information content (AvgIpc) is 2.79. The zero-order valence-electron chi connectivity index (χ0n) is 9.75. The van der Waals surface area contributed by atoms with Crippen molar-refractivity contribution in [3.63, 3.8) is 0 Å². The lowest BCUT2D eigenvalue weighted by molar-refractivity contribution is -0.139. The van der Waals surface area contributed by atoms with Gasteiger partial charge in [-0.05, 0) is 31.2 Å². The molecule has 1 amide bonds. The summed E-state index contributed by atoms with van der Waals surface area (Å²) in [7, 11) is 1.31. The Hall–Kier alpha value is -1.36. The van der Waals surface area contributed by atoms with Crippen molar-refractivity contribution in [2.75, 3.05) is 13.7 Å². The summed E-state index contributed by atoms with van der Waals surface area (Å²) in [5.74, 6) is -0.600. The number of rotatable bonds is 3. The van der Waals surface area contributed by atoms with Crippen LogP contribution in [0.4, 0.5) is 0 Å². The number of esters is 1. The fraction of sp³-hybridized carbons (Fsp3) is 0.500. The van der Waals surface area contributed by atoms with Crippen LogP contribution in [-0.2, 0) is 22.4 Å². The molecule has 0 aliphatic heterocycles. The van der Waals surface area contributed by atoms with Gasteiger partial charge in [-0.25, -0.2) is 0 Å². The molecule has 0 spiro atoms. The number of nitrogens with one attached hydrogen (secondary N) is 1. The number of methoxy groups -OCH3 is 1. The van der Waals surface area contributed by atoms with Gasteiger partial charge in [0.1, 0.15) is 6.54 Å². The topological polar surface area (TPSA) is 55.4 Å². The predicted octanol–water partition coefficient (Wildman–Crippen LogP) is 1.53. The molecule has 0 atom stereocenters. The maximum Gasteiger partial charge on any atom is 0.325 e. The number of amides is 1. The van der Waals surface area contributed by atoms with Crippen LogP contribution in [0.5, 0.6) is 0 Å². The number of aryl methyl sites for hydroxylation is 1. The molecule has 5 heteroatoms. The molecule has 92 valence electrons. The van der Waals surface area contributed by atoms with Crippen LogP contribution >= 0.6 is 11.3 Å². The number of fused-ring (bicyclic) bond motifs is 1. The zero-order chi connectivity index (χ0) is 12.3. The normalized spacial score (nSPS) is 13.9. The number of hydrogen-bond acceptors (Lipinski definition) is 4. The Labute approximate surface area is 104 Å². The van der Waals surface area contributed by atoms with Gasteiger partial charge >= 0.3 is 5.97 Å². The number of hydrogen-bond donors (Lipinski definition) is 1. The van der Waals surface area contributed by atoms with Crippen LogP contribution < -0.4 is 5.32 Å². The Morgan fingerprint density at radius 3 is 2.94 bits per heavy atom. The van der Waals surface area contributed by atoms with Gasteiger partial charge in [0.05, 0.1) is 12.7 Å². The quantitative estimate of drug-likeness (QED) is 0.831. The highest BCUT2D eigenvalue weighted by Crippen LogP contribution is 2.29. The first-order valence-corrected chi connectivity index (χ1v) is 6.54. The molecule has 0 aromatic carbocycles. The van der Waals surface area contributed by atoms with Crippen LogP contribution in [0.1, 0.15) is 33.6 Å². The molecule has 0 saturated carbocycles. The highest BCUT2D eigenvalue weighted by atomic mass is 32.1. The van der Waals surface area contributed by atoms with E-state index in [0.29, 0.717) is 0 Å². The molecule has 0 radical (unpaired) electrons. The first-order chi connectivity index (χ1) is 8.22. The number of thiophene rings is 1. The number of carbonyl (C=O) groups excluding carboxylic acids is 2. The van der Waals surface area contributed by atoms with Gasteiger partial charge in [-0.15, -0.1) is 11.3 Å². The van der Waals surface area contributed by atoms with Crippen LogP contribution in [0.2, 0.25) is 0 Å². The van der Waals surface area contributed by atoms with Crippen LogP contribution in [0.25, 0.3) is 0 Å². The van der Waals surface area contributed by atoms with Crippen molar-refractivity contribution in [3.8, 4) is 0 Å². The highest BCUT2D eigenvalue weighted by Gasteiger charge is 2.20. The monoisotopic (exact) mass is 253 g/mol. The first kappa shape index (κ1) is 12.1. The molecule has 0 fully saturated rings. The second kappa shape index (κ2) is 5.31. The summed E-state index contributed by atoms with van der Waals surface area (Å²) in [5.41, 5.74) is 1.90. The molecule has 17 heavy (non-hydrogen) atoms. The third-order valence-corrected chi connectivity index (χ3v) is 4.02. The van der Waals surface area contributed by atoms with Gasteiger partial charge in [-0.2, -0.15) is 0 Å². The highest BCUT2D eigenvalue weighted by molar-refractivity contribution is 7.10. The van der Waals surface area contributed by atoms with Crippen molar-refractivity contribution >= 4 is 23.2 Å². The minimum absolute atomic E-state index is 0.0695. The van der Waals surface area contributed by atoms with E-state index in [2.05, 4.69) is 10.1 Å². The minimum Gasteiger partial charge on any atom is -0.468 e. The second-order valence-corrected chi connectivity index (χ2v) is 4.98. The van der Waals surface area contributed by atoms with E-state index < -0.39 is 5.97 Å². The van der Waals surface area contributed by atoms with E-state index in [1.807, 2.05) is 5.38 Å². The molecule has 1 aliphatic carbocycles. The number of ether oxygens (including phenoxy) is 1. The van der Waals surface area contributed by atoms with E-state index in [4.69, 9.17) is 0 Å². The summed E-state index contributed by atoms with van der Waals surface area (Å²) in [6.45, 7) is -0.0695. The molecule has 1 heterocycles. The van der Waals surface area contributed by atoms with Gasteiger partial charge < -0.3 is 10.1 Å². The molecule has 1 N–H and O–H groups in total. The molecule has 2 rings (SSSR count). The zero-order valence-corrected chi connectivity index (χ0v) is 10.6. The molecule has 0 bridgehead atoms. The fourth-order valence-corrected chi connectivity index (χ4v) is 3.13. The molecule has 1 aromatic heterocycles. The van der Waals surface area contributed by atoms with Crippen LogP contribution in [0, 0.1) is 0 Å². The first-order valence-electron chi connectivity index (χ1n) is 5.66. The summed E-state index contributed by atoms with van der Waals surface area (Å²) in [6.07, 6.45) is 4.39. The summed E-state index contributed by atoms with van der Waals surface area (Å²) >= 11 is 1.64. The van der Waals surface area contributed by atoms with Crippen LogP contribution in [0.3, 0.4) is 0 Å². The molecule has 0 unspecified atom stereocenters. The van der Waals surface area contributed by atoms with E-state index >= 15 is 0 Å². The fourth-order valence-electron chi connectivity index (χ4n) is 2.00. The molecule has 1 aromatic rings. The Kier molecular flexibility index (Phi) is 3.78. The third kappa shape index (κ3) is 2.66. The van der Waals surface area contributed by atoms with E-state index in [1.165, 1.54) is 24.0 Å². The lowest BCUT2D eigenvalue weighted by atomic mass is 9.96. The Morgan fingerprint density at radius 1 is 1.41 bits per heavy atom. The SMILES string of the molecule is COC(=O)CNC(=O)c1csc2c1CCCC2. The van der Waals surface area contributed by atoms with Gasteiger partial charge in [0.25, 0.3) is 5.91 Å². The lowest BCUT2D eigenvalue weighted by Crippen LogP contribution is -2.30. The smallest absolute Gasteiger partial charge is 0.325 e. The predicted molar refractivity (Wildman–Crippen MR) is 65.3 cm³/mol. The summed E-state index contributed by atoms with van der Waals surface area (Å²) in [6, 6.07) is 0. The van der Waals surface area contributed by atoms with Crippen molar-refractivity contribution in [2.45, 2.75) is 25.7 Å². The maximum atomic E-state index is 11.9. The third-order valence-electron chi connectivity index (χ3n) is 2.93. The standard InChI is InChI=1S/C12H15NO3S/c1-16-11(14)6-13-12(15)9-7-17-10-5-3-2-4-8(9)10/h7H,2-6H2,1H3,(H,13,15). The molecule has 0 saturated heterocycles. The molecule has 1 aliphatic rings. The summed E-state index contributed by atoms with van der Waals surface area (Å²) in [4.78, 5) is 24.1. The van der Waals surface area contributed by atoms with Gasteiger partial charge in [-0.3, -0.25) is 9.59 Å². The van der Waals surface area contributed by atoms with E-state index in [9.17, 15) is 9.59 Å². The Balaban J connectivity index is 2.04. The summed E-state index contributed by atoms with van der Waals surface area (Å²) in [5, 5.41) is 4.47. The van der Waals surface area contributed by atoms with Crippen molar-refractivity contribution in [1.82, 2.24) is 5.32 Å². The molecule has 4 nitrogen and oxygen atoms in total. The van der Waals surface area contributed by atoms with Crippen LogP contribution in [-0.4, -0.2) is 25.5 Å². The van der Waals surface area contributed by atoms with Gasteiger partial charge in [0.2, 0.25) is 0 Å². The van der Waals surface area contributed by atoms with Crippen molar-refractivity contribution in [2.24, 2.45) is 0 Å². The molecular formula is C12H15NO3S. The van der Waals surface area contributed by atoms with E-state index in [-0.39, 0.29) is 12.5 Å². The molecular weight excluding hydrogens is 238 g/mol. The summed E-state index contributed by atoms with van der Waals surface area (Å²) < 4.78 is 4.48. The Bertz CT molecular complexity index is 439. The largest absolute Gasteiger partial charge is 0.468 e. The van der Waals surface area contributed by atoms with Crippen LogP contribution in [0.15, 0.2) is 5.38 Å². The van der Waals surface area contributed by atoms with E-state index in [0.717, 1.165) is 24.8 Å². The average molecular weight is 253 g/mol. The second-order valence-electron chi connectivity index (χ2n) is 4.02. The van der Waals surface area contributed by atoms with Crippen molar-refractivity contribution in [1.29, 1.82) is 0 Å². The lowest BCUT2D eigenvalue weighted by Gasteiger charge is -2.12. The van der Waals surface area contributed by atoms with Gasteiger partial charge in [0, 0.05) is 10.3 Å². The van der Waals surface area contributed by atoms with Gasteiger partial charge in [-0.1, -0.05) is 0 Å². The number of carbonyl (C=O) groups is 2. The van der Waals surface area contributed by atoms with Crippen molar-refractivity contribution in [3.05, 3.63) is 21.4 Å². The van der Waals surface area contributed by atoms with E-state index in [1.54, 1.807) is 11.3 Å². The maximum absolute atomic E-state index is 11.9.